The standard InChI is InChI=1S/C11H20FNO3/c12-7-10(14)8-13-3-1-9(2-4-13)11-15-5-6-16-11/h9-11,14H,1-8H2. The van der Waals surface area contributed by atoms with Gasteiger partial charge in [0.15, 0.2) is 6.29 Å². The summed E-state index contributed by atoms with van der Waals surface area (Å²) in [6, 6.07) is 0. The zero-order chi connectivity index (χ0) is 11.4. The highest BCUT2D eigenvalue weighted by Gasteiger charge is 2.30. The lowest BCUT2D eigenvalue weighted by molar-refractivity contribution is -0.0988. The summed E-state index contributed by atoms with van der Waals surface area (Å²) in [6.07, 6.45) is 1.14. The summed E-state index contributed by atoms with van der Waals surface area (Å²) in [7, 11) is 0. The van der Waals surface area contributed by atoms with Gasteiger partial charge in [0.1, 0.15) is 6.67 Å². The zero-order valence-corrected chi connectivity index (χ0v) is 9.48. The maximum atomic E-state index is 12.1. The van der Waals surface area contributed by atoms with Crippen LogP contribution in [0.2, 0.25) is 0 Å². The molecule has 2 aliphatic heterocycles. The van der Waals surface area contributed by atoms with Crippen molar-refractivity contribution in [3.63, 3.8) is 0 Å². The Morgan fingerprint density at radius 3 is 2.44 bits per heavy atom. The molecule has 1 atom stereocenters. The topological polar surface area (TPSA) is 41.9 Å². The normalized spacial score (nSPS) is 27.4. The van der Waals surface area contributed by atoms with Crippen LogP contribution < -0.4 is 0 Å². The molecule has 2 aliphatic rings. The van der Waals surface area contributed by atoms with Crippen LogP contribution in [0, 0.1) is 5.92 Å². The third-order valence-electron chi connectivity index (χ3n) is 3.31. The zero-order valence-electron chi connectivity index (χ0n) is 9.48. The number of β-amino-alcohol motifs (C(OH)–C–C–N with tert-alkyl or cyclic N) is 1. The number of aliphatic hydroxyl groups excluding tert-OH is 1. The number of aliphatic hydroxyl groups is 1. The van der Waals surface area contributed by atoms with Crippen molar-refractivity contribution in [2.24, 2.45) is 5.92 Å². The average Bonchev–Trinajstić information content (AvgIpc) is 2.83. The first kappa shape index (κ1) is 12.2. The minimum Gasteiger partial charge on any atom is -0.389 e. The van der Waals surface area contributed by atoms with Gasteiger partial charge in [0.05, 0.1) is 19.3 Å². The van der Waals surface area contributed by atoms with Crippen LogP contribution in [-0.2, 0) is 9.47 Å². The number of likely N-dealkylation sites (tertiary alicyclic amines) is 1. The average molecular weight is 233 g/mol. The summed E-state index contributed by atoms with van der Waals surface area (Å²) >= 11 is 0. The highest BCUT2D eigenvalue weighted by molar-refractivity contribution is 4.77. The van der Waals surface area contributed by atoms with Gasteiger partial charge < -0.3 is 19.5 Å². The van der Waals surface area contributed by atoms with Gasteiger partial charge in [0, 0.05) is 12.5 Å². The molecular formula is C11H20FNO3. The van der Waals surface area contributed by atoms with Crippen LogP contribution in [0.25, 0.3) is 0 Å². The number of piperidine rings is 1. The van der Waals surface area contributed by atoms with Gasteiger partial charge >= 0.3 is 0 Å². The first-order valence-electron chi connectivity index (χ1n) is 5.99. The van der Waals surface area contributed by atoms with Gasteiger partial charge in [0.25, 0.3) is 0 Å². The maximum absolute atomic E-state index is 12.1. The Labute approximate surface area is 95.3 Å². The molecule has 2 rings (SSSR count). The summed E-state index contributed by atoms with van der Waals surface area (Å²) in [5, 5.41) is 9.22. The van der Waals surface area contributed by atoms with Crippen LogP contribution in [0.1, 0.15) is 12.8 Å². The fourth-order valence-electron chi connectivity index (χ4n) is 2.40. The fraction of sp³-hybridized carbons (Fsp3) is 1.00. The number of halogens is 1. The number of nitrogens with zero attached hydrogens (tertiary/aromatic N) is 1. The Kier molecular flexibility index (Phi) is 4.52. The molecule has 2 fully saturated rings. The highest BCUT2D eigenvalue weighted by atomic mass is 19.1. The van der Waals surface area contributed by atoms with Crippen LogP contribution in [0.15, 0.2) is 0 Å². The van der Waals surface area contributed by atoms with E-state index in [1.807, 2.05) is 0 Å². The van der Waals surface area contributed by atoms with Gasteiger partial charge in [-0.25, -0.2) is 4.39 Å². The van der Waals surface area contributed by atoms with E-state index in [-0.39, 0.29) is 6.29 Å². The molecule has 94 valence electrons. The quantitative estimate of drug-likeness (QED) is 0.763. The molecule has 0 amide bonds. The molecule has 1 N–H and O–H groups in total. The predicted octanol–water partition coefficient (Wildman–Crippen LogP) is 0.402. The fourth-order valence-corrected chi connectivity index (χ4v) is 2.40. The molecule has 2 heterocycles. The van der Waals surface area contributed by atoms with Crippen molar-refractivity contribution in [3.05, 3.63) is 0 Å². The SMILES string of the molecule is OC(CF)CN1CCC(C2OCCO2)CC1. The lowest BCUT2D eigenvalue weighted by Gasteiger charge is -2.34. The molecule has 2 saturated heterocycles. The minimum absolute atomic E-state index is 0.0340. The van der Waals surface area contributed by atoms with E-state index in [1.165, 1.54) is 0 Å². The highest BCUT2D eigenvalue weighted by Crippen LogP contribution is 2.25. The second kappa shape index (κ2) is 5.91. The predicted molar refractivity (Wildman–Crippen MR) is 56.8 cm³/mol. The molecule has 16 heavy (non-hydrogen) atoms. The van der Waals surface area contributed by atoms with Crippen molar-refractivity contribution in [1.82, 2.24) is 4.90 Å². The van der Waals surface area contributed by atoms with E-state index in [9.17, 15) is 9.50 Å². The molecule has 0 aliphatic carbocycles. The number of rotatable bonds is 4. The van der Waals surface area contributed by atoms with E-state index in [1.54, 1.807) is 0 Å². The number of ether oxygens (including phenoxy) is 2. The van der Waals surface area contributed by atoms with Gasteiger partial charge in [-0.2, -0.15) is 0 Å². The summed E-state index contributed by atoms with van der Waals surface area (Å²) in [5.74, 6) is 0.460. The maximum Gasteiger partial charge on any atom is 0.160 e. The summed E-state index contributed by atoms with van der Waals surface area (Å²) in [4.78, 5) is 2.11. The van der Waals surface area contributed by atoms with Crippen LogP contribution in [0.3, 0.4) is 0 Å². The Morgan fingerprint density at radius 1 is 1.25 bits per heavy atom. The van der Waals surface area contributed by atoms with Gasteiger partial charge in [-0.3, -0.25) is 0 Å². The van der Waals surface area contributed by atoms with Crippen molar-refractivity contribution < 1.29 is 19.0 Å². The van der Waals surface area contributed by atoms with Gasteiger partial charge in [-0.15, -0.1) is 0 Å². The van der Waals surface area contributed by atoms with Gasteiger partial charge in [-0.05, 0) is 25.9 Å². The summed E-state index contributed by atoms with van der Waals surface area (Å²) in [6.45, 7) is 2.97. The van der Waals surface area contributed by atoms with Crippen molar-refractivity contribution in [1.29, 1.82) is 0 Å². The third-order valence-corrected chi connectivity index (χ3v) is 3.31. The van der Waals surface area contributed by atoms with E-state index in [2.05, 4.69) is 4.90 Å². The van der Waals surface area contributed by atoms with Gasteiger partial charge in [-0.1, -0.05) is 0 Å². The van der Waals surface area contributed by atoms with Crippen molar-refractivity contribution in [3.8, 4) is 0 Å². The second-order valence-corrected chi connectivity index (χ2v) is 4.56. The third kappa shape index (κ3) is 3.13. The molecule has 0 bridgehead atoms. The lowest BCUT2D eigenvalue weighted by atomic mass is 9.96. The molecule has 5 heteroatoms. The van der Waals surface area contributed by atoms with E-state index >= 15 is 0 Å². The Bertz CT molecular complexity index is 203. The summed E-state index contributed by atoms with van der Waals surface area (Å²) in [5.41, 5.74) is 0. The molecule has 0 aromatic rings. The molecule has 0 saturated carbocycles. The molecule has 1 unspecified atom stereocenters. The van der Waals surface area contributed by atoms with Crippen LogP contribution in [-0.4, -0.2) is 61.9 Å². The number of alkyl halides is 1. The van der Waals surface area contributed by atoms with Crippen LogP contribution in [0.4, 0.5) is 4.39 Å². The van der Waals surface area contributed by atoms with E-state index in [0.717, 1.165) is 25.9 Å². The van der Waals surface area contributed by atoms with E-state index in [0.29, 0.717) is 25.7 Å². The smallest absolute Gasteiger partial charge is 0.160 e. The lowest BCUT2D eigenvalue weighted by Crippen LogP contribution is -2.42. The van der Waals surface area contributed by atoms with Gasteiger partial charge in [0.2, 0.25) is 0 Å². The Hall–Kier alpha value is -0.230. The summed E-state index contributed by atoms with van der Waals surface area (Å²) < 4.78 is 23.1. The first-order valence-corrected chi connectivity index (χ1v) is 5.99. The first-order chi connectivity index (χ1) is 7.79. The van der Waals surface area contributed by atoms with Crippen LogP contribution >= 0.6 is 0 Å². The van der Waals surface area contributed by atoms with Crippen LogP contribution in [0.5, 0.6) is 0 Å². The van der Waals surface area contributed by atoms with Crippen molar-refractivity contribution in [2.45, 2.75) is 25.2 Å². The largest absolute Gasteiger partial charge is 0.389 e. The minimum atomic E-state index is -0.837. The molecule has 0 spiro atoms. The molecular weight excluding hydrogens is 213 g/mol. The molecule has 0 aromatic carbocycles. The molecule has 4 nitrogen and oxygen atoms in total. The monoisotopic (exact) mass is 233 g/mol. The van der Waals surface area contributed by atoms with E-state index < -0.39 is 12.8 Å². The number of hydrogen-bond acceptors (Lipinski definition) is 4. The number of hydrogen-bond donors (Lipinski definition) is 1. The molecule has 0 radical (unpaired) electrons. The molecule has 0 aromatic heterocycles. The van der Waals surface area contributed by atoms with E-state index in [4.69, 9.17) is 9.47 Å². The van der Waals surface area contributed by atoms with Crippen molar-refractivity contribution in [2.75, 3.05) is 39.5 Å². The second-order valence-electron chi connectivity index (χ2n) is 4.56. The Balaban J connectivity index is 1.69. The van der Waals surface area contributed by atoms with Crippen molar-refractivity contribution >= 4 is 0 Å². The Morgan fingerprint density at radius 2 is 1.88 bits per heavy atom.